The number of hydrogen-bond acceptors (Lipinski definition) is 7. The zero-order valence-corrected chi connectivity index (χ0v) is 26.0. The van der Waals surface area contributed by atoms with E-state index in [1.54, 1.807) is 50.9 Å². The molecule has 3 aromatic carbocycles. The number of hydrogen-bond donors (Lipinski definition) is 4. The van der Waals surface area contributed by atoms with E-state index in [0.29, 0.717) is 34.3 Å². The molecular formula is C33H38N6O6. The first kappa shape index (κ1) is 31.3. The highest BCUT2D eigenvalue weighted by Gasteiger charge is 2.34. The molecule has 5 amide bonds. The highest BCUT2D eigenvalue weighted by molar-refractivity contribution is 6.07. The van der Waals surface area contributed by atoms with Gasteiger partial charge in [-0.05, 0) is 50.4 Å². The molecule has 0 radical (unpaired) electrons. The Balaban J connectivity index is 1.37. The minimum Gasteiger partial charge on any atom is -0.487 e. The number of fused-ring (bicyclic) bond motifs is 2. The van der Waals surface area contributed by atoms with E-state index in [-0.39, 0.29) is 43.1 Å². The van der Waals surface area contributed by atoms with Crippen molar-refractivity contribution >= 4 is 45.8 Å². The van der Waals surface area contributed by atoms with Gasteiger partial charge in [0.25, 0.3) is 5.91 Å². The monoisotopic (exact) mass is 614 g/mol. The molecular weight excluding hydrogens is 576 g/mol. The molecule has 12 nitrogen and oxygen atoms in total. The van der Waals surface area contributed by atoms with Crippen LogP contribution >= 0.6 is 0 Å². The van der Waals surface area contributed by atoms with Crippen LogP contribution in [-0.4, -0.2) is 76.9 Å². The van der Waals surface area contributed by atoms with Crippen molar-refractivity contribution in [3.63, 3.8) is 0 Å². The fourth-order valence-electron chi connectivity index (χ4n) is 5.35. The number of aliphatic hydroxyl groups is 1. The number of nitrogens with zero attached hydrogens (tertiary/aromatic N) is 3. The average molecular weight is 615 g/mol. The molecule has 0 aliphatic carbocycles. The van der Waals surface area contributed by atoms with Crippen molar-refractivity contribution in [2.24, 2.45) is 5.92 Å². The Hall–Kier alpha value is -5.10. The summed E-state index contributed by atoms with van der Waals surface area (Å²) >= 11 is 0. The molecule has 0 saturated heterocycles. The Labute approximate surface area is 261 Å². The lowest BCUT2D eigenvalue weighted by molar-refractivity contribution is 0.0371. The maximum atomic E-state index is 13.8. The van der Waals surface area contributed by atoms with Gasteiger partial charge in [-0.2, -0.15) is 0 Å². The fraction of sp³-hybridized carbons (Fsp3) is 0.333. The molecule has 1 aromatic heterocycles. The fourth-order valence-corrected chi connectivity index (χ4v) is 5.35. The van der Waals surface area contributed by atoms with Gasteiger partial charge >= 0.3 is 12.1 Å². The summed E-state index contributed by atoms with van der Waals surface area (Å²) in [6, 6.07) is 16.9. The van der Waals surface area contributed by atoms with Crippen molar-refractivity contribution in [1.29, 1.82) is 0 Å². The van der Waals surface area contributed by atoms with E-state index in [1.165, 1.54) is 4.90 Å². The summed E-state index contributed by atoms with van der Waals surface area (Å²) in [7, 11) is 1.66. The highest BCUT2D eigenvalue weighted by atomic mass is 16.5. The second-order valence-electron chi connectivity index (χ2n) is 11.4. The molecule has 12 heteroatoms. The number of rotatable bonds is 7. The van der Waals surface area contributed by atoms with E-state index in [4.69, 9.17) is 9.26 Å². The second kappa shape index (κ2) is 13.3. The molecule has 4 aromatic rings. The standard InChI is InChI=1S/C33H38N6O6/c1-19-16-39(20(2)18-40)31(41)26-15-24(34-32(42)35-27-12-8-10-23-9-6-7-11-25(23)27)13-14-28(26)44-29(19)17-38(5)33(43)36-30-21(3)37-45-22(30)4/h6-15,19-20,29,40H,16-18H2,1-5H3,(H,36,43)(H2,34,35,42)/t19-,20+,29-/m0/s1. The molecule has 3 atom stereocenters. The van der Waals surface area contributed by atoms with Crippen LogP contribution in [0.25, 0.3) is 10.8 Å². The summed E-state index contributed by atoms with van der Waals surface area (Å²) in [5.74, 6) is 0.279. The van der Waals surface area contributed by atoms with Crippen LogP contribution in [0.2, 0.25) is 0 Å². The van der Waals surface area contributed by atoms with Gasteiger partial charge in [-0.3, -0.25) is 4.79 Å². The lowest BCUT2D eigenvalue weighted by Crippen LogP contribution is -2.50. The van der Waals surface area contributed by atoms with E-state index in [1.807, 2.05) is 49.4 Å². The number of carbonyl (C=O) groups excluding carboxylic acids is 3. The van der Waals surface area contributed by atoms with Crippen molar-refractivity contribution in [3.8, 4) is 5.75 Å². The van der Waals surface area contributed by atoms with Gasteiger partial charge in [0.1, 0.15) is 23.2 Å². The average Bonchev–Trinajstić information content (AvgIpc) is 3.34. The molecule has 0 fully saturated rings. The SMILES string of the molecule is Cc1noc(C)c1NC(=O)N(C)C[C@@H]1Oc2ccc(NC(=O)Nc3cccc4ccccc34)cc2C(=O)N([C@H](C)CO)C[C@@H]1C. The smallest absolute Gasteiger partial charge is 0.323 e. The van der Waals surface area contributed by atoms with E-state index < -0.39 is 18.2 Å². The molecule has 4 N–H and O–H groups in total. The first-order valence-corrected chi connectivity index (χ1v) is 14.8. The van der Waals surface area contributed by atoms with Crippen LogP contribution in [0.4, 0.5) is 26.7 Å². The van der Waals surface area contributed by atoms with Crippen LogP contribution < -0.4 is 20.7 Å². The quantitative estimate of drug-likeness (QED) is 0.216. The van der Waals surface area contributed by atoms with E-state index in [0.717, 1.165) is 10.8 Å². The number of likely N-dealkylation sites (N-methyl/N-ethyl adjacent to an activating group) is 1. The third-order valence-corrected chi connectivity index (χ3v) is 8.03. The van der Waals surface area contributed by atoms with Crippen molar-refractivity contribution < 1.29 is 28.8 Å². The molecule has 0 bridgehead atoms. The minimum atomic E-state index is -0.501. The van der Waals surface area contributed by atoms with Crippen molar-refractivity contribution in [2.75, 3.05) is 42.7 Å². The highest BCUT2D eigenvalue weighted by Crippen LogP contribution is 2.31. The molecule has 1 aliphatic rings. The normalized spacial score (nSPS) is 17.0. The van der Waals surface area contributed by atoms with Crippen LogP contribution in [0.15, 0.2) is 65.2 Å². The van der Waals surface area contributed by atoms with E-state index in [2.05, 4.69) is 21.1 Å². The topological polar surface area (TPSA) is 149 Å². The van der Waals surface area contributed by atoms with Crippen molar-refractivity contribution in [3.05, 3.63) is 77.7 Å². The molecule has 1 aliphatic heterocycles. The van der Waals surface area contributed by atoms with Crippen LogP contribution in [0, 0.1) is 19.8 Å². The maximum absolute atomic E-state index is 13.8. The predicted octanol–water partition coefficient (Wildman–Crippen LogP) is 5.47. The van der Waals surface area contributed by atoms with E-state index in [9.17, 15) is 19.5 Å². The largest absolute Gasteiger partial charge is 0.487 e. The van der Waals surface area contributed by atoms with Crippen LogP contribution in [0.1, 0.15) is 35.7 Å². The van der Waals surface area contributed by atoms with Crippen LogP contribution in [0.5, 0.6) is 5.75 Å². The summed E-state index contributed by atoms with van der Waals surface area (Å²) < 4.78 is 11.5. The summed E-state index contributed by atoms with van der Waals surface area (Å²) in [5, 5.41) is 24.3. The van der Waals surface area contributed by atoms with Crippen molar-refractivity contribution in [2.45, 2.75) is 39.8 Å². The molecule has 0 saturated carbocycles. The summed E-state index contributed by atoms with van der Waals surface area (Å²) in [4.78, 5) is 43.0. The number of urea groups is 2. The van der Waals surface area contributed by atoms with E-state index >= 15 is 0 Å². The zero-order valence-electron chi connectivity index (χ0n) is 26.0. The number of amides is 5. The molecule has 0 spiro atoms. The van der Waals surface area contributed by atoms with Gasteiger partial charge in [0.15, 0.2) is 5.76 Å². The minimum absolute atomic E-state index is 0.199. The van der Waals surface area contributed by atoms with Gasteiger partial charge in [0.05, 0.1) is 30.4 Å². The summed E-state index contributed by atoms with van der Waals surface area (Å²) in [6.45, 7) is 7.43. The van der Waals surface area contributed by atoms with Crippen LogP contribution in [0.3, 0.4) is 0 Å². The molecule has 2 heterocycles. The Morgan fingerprint density at radius 3 is 2.58 bits per heavy atom. The third-order valence-electron chi connectivity index (χ3n) is 8.03. The summed E-state index contributed by atoms with van der Waals surface area (Å²) in [5.41, 5.74) is 2.36. The van der Waals surface area contributed by atoms with Gasteiger partial charge in [0, 0.05) is 30.6 Å². The Morgan fingerprint density at radius 1 is 1.09 bits per heavy atom. The number of nitrogens with one attached hydrogen (secondary N) is 3. The number of ether oxygens (including phenoxy) is 1. The number of aromatic nitrogens is 1. The second-order valence-corrected chi connectivity index (χ2v) is 11.4. The first-order chi connectivity index (χ1) is 21.5. The molecule has 236 valence electrons. The number of aryl methyl sites for hydroxylation is 2. The third kappa shape index (κ3) is 6.86. The van der Waals surface area contributed by atoms with Crippen LogP contribution in [-0.2, 0) is 0 Å². The van der Waals surface area contributed by atoms with Gasteiger partial charge in [-0.15, -0.1) is 0 Å². The molecule has 45 heavy (non-hydrogen) atoms. The molecule has 0 unspecified atom stereocenters. The van der Waals surface area contributed by atoms with Crippen molar-refractivity contribution in [1.82, 2.24) is 15.0 Å². The number of anilines is 3. The van der Waals surface area contributed by atoms with Gasteiger partial charge in [-0.1, -0.05) is 48.5 Å². The first-order valence-electron chi connectivity index (χ1n) is 14.8. The number of aliphatic hydroxyl groups excluding tert-OH is 1. The Kier molecular flexibility index (Phi) is 9.24. The molecule has 5 rings (SSSR count). The van der Waals surface area contributed by atoms with Gasteiger partial charge in [-0.25, -0.2) is 9.59 Å². The predicted molar refractivity (Wildman–Crippen MR) is 172 cm³/mol. The lowest BCUT2D eigenvalue weighted by atomic mass is 9.99. The van der Waals surface area contributed by atoms with Gasteiger partial charge < -0.3 is 40.1 Å². The number of carbonyl (C=O) groups is 3. The maximum Gasteiger partial charge on any atom is 0.323 e. The number of benzene rings is 3. The Morgan fingerprint density at radius 2 is 1.84 bits per heavy atom. The Bertz CT molecular complexity index is 1700. The summed E-state index contributed by atoms with van der Waals surface area (Å²) in [6.07, 6.45) is -0.501. The zero-order chi connectivity index (χ0) is 32.2. The van der Waals surface area contributed by atoms with Gasteiger partial charge in [0.2, 0.25) is 0 Å². The lowest BCUT2D eigenvalue weighted by Gasteiger charge is -2.38.